The molecule has 164 valence electrons. The van der Waals surface area contributed by atoms with Gasteiger partial charge in [-0.2, -0.15) is 0 Å². The first-order valence-electron chi connectivity index (χ1n) is 9.56. The number of nitro benzene ring substituents is 1. The minimum absolute atomic E-state index is 0.0132. The fourth-order valence-corrected chi connectivity index (χ4v) is 5.01. The smallest absolute Gasteiger partial charge is 0.272 e. The van der Waals surface area contributed by atoms with Crippen LogP contribution >= 0.6 is 23.5 Å². The number of amides is 1. The van der Waals surface area contributed by atoms with Crippen molar-refractivity contribution in [2.24, 2.45) is 0 Å². The molecule has 1 aliphatic rings. The number of non-ortho nitro benzene ring substituents is 1. The van der Waals surface area contributed by atoms with Gasteiger partial charge in [0.15, 0.2) is 5.16 Å². The van der Waals surface area contributed by atoms with Crippen molar-refractivity contribution in [1.82, 2.24) is 9.55 Å². The maximum absolute atomic E-state index is 13.2. The minimum Gasteiger partial charge on any atom is -0.497 e. The van der Waals surface area contributed by atoms with Crippen LogP contribution in [0.15, 0.2) is 63.4 Å². The Bertz CT molecular complexity index is 1240. The van der Waals surface area contributed by atoms with E-state index in [1.807, 2.05) is 0 Å². The SMILES string of the molecule is COc1cccc(-n2c(SCC(=O)Nc3ccc([N+](=O)[O-])cc3)nc3c(c2=O)SCC3)c1. The van der Waals surface area contributed by atoms with Gasteiger partial charge in [0.05, 0.1) is 34.1 Å². The van der Waals surface area contributed by atoms with Gasteiger partial charge in [-0.3, -0.25) is 24.3 Å². The lowest BCUT2D eigenvalue weighted by Crippen LogP contribution is -2.24. The molecule has 1 aromatic heterocycles. The Balaban J connectivity index is 1.57. The molecule has 1 aliphatic heterocycles. The molecule has 1 N–H and O–H groups in total. The van der Waals surface area contributed by atoms with Crippen LogP contribution in [0.25, 0.3) is 5.69 Å². The van der Waals surface area contributed by atoms with Crippen molar-refractivity contribution in [1.29, 1.82) is 0 Å². The van der Waals surface area contributed by atoms with E-state index in [9.17, 15) is 19.7 Å². The monoisotopic (exact) mass is 470 g/mol. The zero-order valence-electron chi connectivity index (χ0n) is 16.9. The zero-order valence-corrected chi connectivity index (χ0v) is 18.6. The fraction of sp³-hybridized carbons (Fsp3) is 0.190. The summed E-state index contributed by atoms with van der Waals surface area (Å²) in [5.74, 6) is 1.10. The Morgan fingerprint density at radius 1 is 1.31 bits per heavy atom. The van der Waals surface area contributed by atoms with Crippen LogP contribution in [-0.4, -0.2) is 39.0 Å². The molecule has 9 nitrogen and oxygen atoms in total. The van der Waals surface area contributed by atoms with Gasteiger partial charge in [-0.25, -0.2) is 4.98 Å². The number of nitrogens with one attached hydrogen (secondary N) is 1. The Morgan fingerprint density at radius 2 is 2.09 bits per heavy atom. The second-order valence-electron chi connectivity index (χ2n) is 6.75. The normalized spacial score (nSPS) is 12.3. The van der Waals surface area contributed by atoms with Crippen LogP contribution in [-0.2, 0) is 11.2 Å². The van der Waals surface area contributed by atoms with Crippen LogP contribution in [0, 0.1) is 10.1 Å². The zero-order chi connectivity index (χ0) is 22.7. The van der Waals surface area contributed by atoms with Crippen LogP contribution in [0.5, 0.6) is 5.75 Å². The Morgan fingerprint density at radius 3 is 2.81 bits per heavy atom. The number of aromatic nitrogens is 2. The standard InChI is InChI=1S/C21H18N4O5S2/c1-30-16-4-2-3-15(11-16)24-20(27)19-17(9-10-31-19)23-21(24)32-12-18(26)22-13-5-7-14(8-6-13)25(28)29/h2-8,11H,9-10,12H2,1H3,(H,22,26). The third-order valence-electron chi connectivity index (χ3n) is 4.67. The highest BCUT2D eigenvalue weighted by Gasteiger charge is 2.23. The third-order valence-corrected chi connectivity index (χ3v) is 6.72. The summed E-state index contributed by atoms with van der Waals surface area (Å²) < 4.78 is 6.79. The van der Waals surface area contributed by atoms with Gasteiger partial charge >= 0.3 is 0 Å². The third kappa shape index (κ3) is 4.63. The lowest BCUT2D eigenvalue weighted by molar-refractivity contribution is -0.384. The largest absolute Gasteiger partial charge is 0.497 e. The molecular weight excluding hydrogens is 452 g/mol. The van der Waals surface area contributed by atoms with Crippen LogP contribution in [0.4, 0.5) is 11.4 Å². The van der Waals surface area contributed by atoms with E-state index in [2.05, 4.69) is 10.3 Å². The molecule has 0 saturated carbocycles. The number of methoxy groups -OCH3 is 1. The maximum atomic E-state index is 13.2. The van der Waals surface area contributed by atoms with E-state index in [1.54, 1.807) is 31.4 Å². The molecule has 3 aromatic rings. The summed E-state index contributed by atoms with van der Waals surface area (Å²) in [6, 6.07) is 12.7. The number of benzene rings is 2. The van der Waals surface area contributed by atoms with Gasteiger partial charge in [-0.1, -0.05) is 17.8 Å². The number of rotatable bonds is 7. The lowest BCUT2D eigenvalue weighted by atomic mass is 10.3. The topological polar surface area (TPSA) is 116 Å². The Labute approximate surface area is 191 Å². The number of thioether (sulfide) groups is 2. The number of anilines is 1. The van der Waals surface area contributed by atoms with Crippen LogP contribution in [0.1, 0.15) is 5.69 Å². The quantitative estimate of drug-likeness (QED) is 0.241. The summed E-state index contributed by atoms with van der Waals surface area (Å²) in [6.07, 6.45) is 0.705. The average molecular weight is 471 g/mol. The fourth-order valence-electron chi connectivity index (χ4n) is 3.16. The lowest BCUT2D eigenvalue weighted by Gasteiger charge is -2.14. The molecule has 0 saturated heterocycles. The summed E-state index contributed by atoms with van der Waals surface area (Å²) >= 11 is 2.64. The number of aryl methyl sites for hydroxylation is 1. The number of carbonyl (C=O) groups excluding carboxylic acids is 1. The molecule has 2 heterocycles. The molecule has 0 radical (unpaired) electrons. The van der Waals surface area contributed by atoms with Crippen LogP contribution in [0.3, 0.4) is 0 Å². The van der Waals surface area contributed by atoms with Crippen molar-refractivity contribution in [3.8, 4) is 11.4 Å². The molecule has 0 bridgehead atoms. The van der Waals surface area contributed by atoms with Crippen molar-refractivity contribution in [2.75, 3.05) is 23.9 Å². The highest BCUT2D eigenvalue weighted by molar-refractivity contribution is 8.00. The number of nitrogens with zero attached hydrogens (tertiary/aromatic N) is 3. The second kappa shape index (κ2) is 9.45. The van der Waals surface area contributed by atoms with E-state index in [4.69, 9.17) is 4.74 Å². The molecule has 0 spiro atoms. The predicted octanol–water partition coefficient (Wildman–Crippen LogP) is 3.53. The van der Waals surface area contributed by atoms with Gasteiger partial charge < -0.3 is 10.1 Å². The molecule has 11 heteroatoms. The van der Waals surface area contributed by atoms with Gasteiger partial charge in [0, 0.05) is 36.1 Å². The van der Waals surface area contributed by atoms with Gasteiger partial charge in [0.1, 0.15) is 5.75 Å². The second-order valence-corrected chi connectivity index (χ2v) is 8.80. The first-order valence-corrected chi connectivity index (χ1v) is 11.5. The summed E-state index contributed by atoms with van der Waals surface area (Å²) in [7, 11) is 1.55. The molecular formula is C21H18N4O5S2. The first-order chi connectivity index (χ1) is 15.5. The summed E-state index contributed by atoms with van der Waals surface area (Å²) in [6.45, 7) is 0. The number of ether oxygens (including phenoxy) is 1. The predicted molar refractivity (Wildman–Crippen MR) is 123 cm³/mol. The molecule has 32 heavy (non-hydrogen) atoms. The summed E-state index contributed by atoms with van der Waals surface area (Å²) in [4.78, 5) is 41.2. The Kier molecular flexibility index (Phi) is 6.47. The highest BCUT2D eigenvalue weighted by Crippen LogP contribution is 2.30. The van der Waals surface area contributed by atoms with E-state index in [-0.39, 0.29) is 22.9 Å². The summed E-state index contributed by atoms with van der Waals surface area (Å²) in [5, 5.41) is 13.9. The van der Waals surface area contributed by atoms with Gasteiger partial charge in [0.2, 0.25) is 5.91 Å². The van der Waals surface area contributed by atoms with E-state index in [0.29, 0.717) is 33.6 Å². The van der Waals surface area contributed by atoms with Crippen LogP contribution in [0.2, 0.25) is 0 Å². The van der Waals surface area contributed by atoms with Gasteiger partial charge in [0.25, 0.3) is 11.2 Å². The van der Waals surface area contributed by atoms with Gasteiger partial charge in [-0.15, -0.1) is 11.8 Å². The number of hydrogen-bond donors (Lipinski definition) is 1. The molecule has 0 unspecified atom stereocenters. The van der Waals surface area contributed by atoms with Crippen molar-refractivity contribution >= 4 is 40.8 Å². The van der Waals surface area contributed by atoms with E-state index >= 15 is 0 Å². The number of nitro groups is 1. The minimum atomic E-state index is -0.503. The van der Waals surface area contributed by atoms with E-state index in [0.717, 1.165) is 23.2 Å². The summed E-state index contributed by atoms with van der Waals surface area (Å²) in [5.41, 5.74) is 1.58. The Hall–Kier alpha value is -3.31. The van der Waals surface area contributed by atoms with Crippen molar-refractivity contribution in [3.05, 3.63) is 74.7 Å². The van der Waals surface area contributed by atoms with Crippen LogP contribution < -0.4 is 15.6 Å². The number of carbonyl (C=O) groups is 1. The van der Waals surface area contributed by atoms with Crippen molar-refractivity contribution < 1.29 is 14.5 Å². The molecule has 4 rings (SSSR count). The molecule has 0 atom stereocenters. The van der Waals surface area contributed by atoms with Gasteiger partial charge in [-0.05, 0) is 24.3 Å². The first kappa shape index (κ1) is 21.9. The highest BCUT2D eigenvalue weighted by atomic mass is 32.2. The number of fused-ring (bicyclic) bond motifs is 1. The molecule has 2 aromatic carbocycles. The molecule has 1 amide bonds. The van der Waals surface area contributed by atoms with E-state index in [1.165, 1.54) is 40.6 Å². The van der Waals surface area contributed by atoms with E-state index < -0.39 is 4.92 Å². The number of hydrogen-bond acceptors (Lipinski definition) is 8. The van der Waals surface area contributed by atoms with Crippen molar-refractivity contribution in [3.63, 3.8) is 0 Å². The molecule has 0 aliphatic carbocycles. The maximum Gasteiger partial charge on any atom is 0.272 e. The average Bonchev–Trinajstić information content (AvgIpc) is 3.27. The molecule has 0 fully saturated rings. The van der Waals surface area contributed by atoms with Crippen molar-refractivity contribution in [2.45, 2.75) is 16.5 Å².